The van der Waals surface area contributed by atoms with Crippen molar-refractivity contribution in [3.8, 4) is 11.3 Å². The lowest BCUT2D eigenvalue weighted by Gasteiger charge is -2.00. The van der Waals surface area contributed by atoms with Crippen LogP contribution in [0.15, 0.2) is 68.9 Å². The van der Waals surface area contributed by atoms with E-state index in [1.165, 1.54) is 30.0 Å². The van der Waals surface area contributed by atoms with E-state index < -0.39 is 4.92 Å². The summed E-state index contributed by atoms with van der Waals surface area (Å²) in [6, 6.07) is 15.2. The number of thioether (sulfide) groups is 1. The number of hydrogen-bond acceptors (Lipinski definition) is 6. The van der Waals surface area contributed by atoms with Gasteiger partial charge in [0.25, 0.3) is 11.6 Å². The number of hydrogen-bond donors (Lipinski definition) is 1. The highest BCUT2D eigenvalue weighted by Crippen LogP contribution is 2.34. The molecule has 2 aromatic carbocycles. The molecule has 7 nitrogen and oxygen atoms in total. The molecule has 1 saturated heterocycles. The standard InChI is InChI=1S/C21H14ClN3O4S/c1-12-2-4-13(5-3-12)23-21-24-20(26)19(30-21)11-15-7-9-18(29-15)16-8-6-14(25(27)28)10-17(16)22/h2-11H,1H3,(H,23,24,26)/b19-11-. The summed E-state index contributed by atoms with van der Waals surface area (Å²) in [6.07, 6.45) is 1.61. The third-order valence-corrected chi connectivity index (χ3v) is 5.47. The first-order valence-corrected chi connectivity index (χ1v) is 9.99. The Labute approximate surface area is 180 Å². The number of carbonyl (C=O) groups is 1. The van der Waals surface area contributed by atoms with Gasteiger partial charge < -0.3 is 9.73 Å². The van der Waals surface area contributed by atoms with Gasteiger partial charge in [0, 0.05) is 23.8 Å². The van der Waals surface area contributed by atoms with Crippen molar-refractivity contribution in [2.24, 2.45) is 4.99 Å². The number of non-ortho nitro benzene ring substituents is 1. The van der Waals surface area contributed by atoms with Crippen LogP contribution in [0.1, 0.15) is 11.3 Å². The molecule has 0 spiro atoms. The Morgan fingerprint density at radius 2 is 1.93 bits per heavy atom. The van der Waals surface area contributed by atoms with Gasteiger partial charge in [0.05, 0.1) is 20.5 Å². The fourth-order valence-electron chi connectivity index (χ4n) is 2.74. The highest BCUT2D eigenvalue weighted by molar-refractivity contribution is 8.18. The van der Waals surface area contributed by atoms with Crippen LogP contribution in [0.3, 0.4) is 0 Å². The third kappa shape index (κ3) is 4.29. The van der Waals surface area contributed by atoms with Gasteiger partial charge in [-0.2, -0.15) is 0 Å². The lowest BCUT2D eigenvalue weighted by Crippen LogP contribution is -2.19. The van der Waals surface area contributed by atoms with Crippen LogP contribution in [-0.4, -0.2) is 16.0 Å². The van der Waals surface area contributed by atoms with E-state index in [4.69, 9.17) is 16.0 Å². The van der Waals surface area contributed by atoms with E-state index in [1.807, 2.05) is 31.2 Å². The second-order valence-electron chi connectivity index (χ2n) is 6.44. The zero-order valence-electron chi connectivity index (χ0n) is 15.6. The first-order chi connectivity index (χ1) is 14.4. The Kier molecular flexibility index (Phi) is 5.43. The fraction of sp³-hybridized carbons (Fsp3) is 0.0476. The maximum atomic E-state index is 12.3. The number of aryl methyl sites for hydroxylation is 1. The Morgan fingerprint density at radius 3 is 2.63 bits per heavy atom. The number of furan rings is 1. The predicted molar refractivity (Wildman–Crippen MR) is 118 cm³/mol. The lowest BCUT2D eigenvalue weighted by molar-refractivity contribution is -0.384. The van der Waals surface area contributed by atoms with Gasteiger partial charge in [-0.05, 0) is 49.0 Å². The lowest BCUT2D eigenvalue weighted by atomic mass is 10.1. The molecule has 4 rings (SSSR count). The maximum absolute atomic E-state index is 12.3. The van der Waals surface area contributed by atoms with Crippen LogP contribution in [0.2, 0.25) is 5.02 Å². The van der Waals surface area contributed by atoms with Crippen molar-refractivity contribution in [2.45, 2.75) is 6.92 Å². The van der Waals surface area contributed by atoms with E-state index in [0.717, 1.165) is 11.3 Å². The Bertz CT molecular complexity index is 1220. The first kappa shape index (κ1) is 19.9. The van der Waals surface area contributed by atoms with Gasteiger partial charge in [-0.1, -0.05) is 29.3 Å². The number of benzene rings is 2. The third-order valence-electron chi connectivity index (χ3n) is 4.24. The quantitative estimate of drug-likeness (QED) is 0.319. The Morgan fingerprint density at radius 1 is 1.17 bits per heavy atom. The molecule has 0 saturated carbocycles. The van der Waals surface area contributed by atoms with Gasteiger partial charge in [0.1, 0.15) is 11.5 Å². The van der Waals surface area contributed by atoms with Crippen molar-refractivity contribution in [1.29, 1.82) is 0 Å². The van der Waals surface area contributed by atoms with E-state index in [-0.39, 0.29) is 16.6 Å². The van der Waals surface area contributed by atoms with Crippen LogP contribution in [0.5, 0.6) is 0 Å². The summed E-state index contributed by atoms with van der Waals surface area (Å²) in [4.78, 5) is 27.5. The SMILES string of the molecule is Cc1ccc(N=C2NC(=O)/C(=C/c3ccc(-c4ccc([N+](=O)[O-])cc4Cl)o3)S2)cc1. The van der Waals surface area contributed by atoms with Crippen molar-refractivity contribution >= 4 is 51.9 Å². The van der Waals surface area contributed by atoms with Gasteiger partial charge >= 0.3 is 0 Å². The van der Waals surface area contributed by atoms with E-state index in [0.29, 0.717) is 27.2 Å². The van der Waals surface area contributed by atoms with Gasteiger partial charge in [-0.3, -0.25) is 14.9 Å². The number of rotatable bonds is 4. The van der Waals surface area contributed by atoms with E-state index in [1.54, 1.807) is 18.2 Å². The Hall–Kier alpha value is -3.36. The number of aliphatic imine (C=N–C) groups is 1. The van der Waals surface area contributed by atoms with Gasteiger partial charge in [-0.25, -0.2) is 4.99 Å². The zero-order chi connectivity index (χ0) is 21.3. The summed E-state index contributed by atoms with van der Waals surface area (Å²) in [6.45, 7) is 1.99. The normalized spacial score (nSPS) is 16.3. The van der Waals surface area contributed by atoms with Crippen molar-refractivity contribution in [3.63, 3.8) is 0 Å². The summed E-state index contributed by atoms with van der Waals surface area (Å²) in [5, 5.41) is 14.3. The van der Waals surface area contributed by atoms with Crippen LogP contribution < -0.4 is 5.32 Å². The summed E-state index contributed by atoms with van der Waals surface area (Å²) in [5.74, 6) is 0.629. The largest absolute Gasteiger partial charge is 0.457 e. The minimum Gasteiger partial charge on any atom is -0.457 e. The van der Waals surface area contributed by atoms with Crippen molar-refractivity contribution in [1.82, 2.24) is 5.32 Å². The summed E-state index contributed by atoms with van der Waals surface area (Å²) < 4.78 is 5.76. The average molecular weight is 440 g/mol. The molecule has 1 aromatic heterocycles. The molecule has 0 radical (unpaired) electrons. The van der Waals surface area contributed by atoms with E-state index in [9.17, 15) is 14.9 Å². The maximum Gasteiger partial charge on any atom is 0.270 e. The predicted octanol–water partition coefficient (Wildman–Crippen LogP) is 5.71. The second-order valence-corrected chi connectivity index (χ2v) is 7.88. The Balaban J connectivity index is 1.55. The van der Waals surface area contributed by atoms with Crippen LogP contribution in [0.4, 0.5) is 11.4 Å². The van der Waals surface area contributed by atoms with Crippen LogP contribution >= 0.6 is 23.4 Å². The molecule has 0 unspecified atom stereocenters. The molecule has 1 fully saturated rings. The number of nitro benzene ring substituents is 1. The summed E-state index contributed by atoms with van der Waals surface area (Å²) >= 11 is 7.37. The highest BCUT2D eigenvalue weighted by atomic mass is 35.5. The van der Waals surface area contributed by atoms with Crippen molar-refractivity contribution < 1.29 is 14.1 Å². The summed E-state index contributed by atoms with van der Waals surface area (Å²) in [5.41, 5.74) is 2.30. The van der Waals surface area contributed by atoms with Crippen LogP contribution in [0.25, 0.3) is 17.4 Å². The molecule has 0 atom stereocenters. The molecule has 1 aliphatic rings. The smallest absolute Gasteiger partial charge is 0.270 e. The van der Waals surface area contributed by atoms with Crippen LogP contribution in [-0.2, 0) is 4.79 Å². The summed E-state index contributed by atoms with van der Waals surface area (Å²) in [7, 11) is 0. The second kappa shape index (κ2) is 8.17. The molecule has 2 heterocycles. The number of amidine groups is 1. The minimum atomic E-state index is -0.515. The molecule has 9 heteroatoms. The molecule has 1 aliphatic heterocycles. The van der Waals surface area contributed by atoms with E-state index >= 15 is 0 Å². The first-order valence-electron chi connectivity index (χ1n) is 8.79. The van der Waals surface area contributed by atoms with Crippen LogP contribution in [0, 0.1) is 17.0 Å². The number of nitrogens with zero attached hydrogens (tertiary/aromatic N) is 2. The fourth-order valence-corrected chi connectivity index (χ4v) is 3.83. The minimum absolute atomic E-state index is 0.0999. The number of carbonyl (C=O) groups excluding carboxylic acids is 1. The molecule has 0 bridgehead atoms. The van der Waals surface area contributed by atoms with Crippen molar-refractivity contribution in [3.05, 3.63) is 86.0 Å². The number of amides is 1. The molecular formula is C21H14ClN3O4S. The topological polar surface area (TPSA) is 97.7 Å². The monoisotopic (exact) mass is 439 g/mol. The van der Waals surface area contributed by atoms with Gasteiger partial charge in [-0.15, -0.1) is 0 Å². The van der Waals surface area contributed by atoms with E-state index in [2.05, 4.69) is 10.3 Å². The molecule has 1 N–H and O–H groups in total. The molecule has 150 valence electrons. The molecule has 1 amide bonds. The molecule has 0 aliphatic carbocycles. The van der Waals surface area contributed by atoms with Gasteiger partial charge in [0.2, 0.25) is 0 Å². The van der Waals surface area contributed by atoms with Crippen molar-refractivity contribution in [2.75, 3.05) is 0 Å². The average Bonchev–Trinajstić information content (AvgIpc) is 3.30. The molecule has 3 aromatic rings. The highest BCUT2D eigenvalue weighted by Gasteiger charge is 2.24. The number of halogens is 1. The number of nitrogens with one attached hydrogen (secondary N) is 1. The zero-order valence-corrected chi connectivity index (χ0v) is 17.2. The van der Waals surface area contributed by atoms with Gasteiger partial charge in [0.15, 0.2) is 5.17 Å². The number of nitro groups is 1. The molecular weight excluding hydrogens is 426 g/mol. The molecule has 30 heavy (non-hydrogen) atoms.